The Morgan fingerprint density at radius 3 is 2.69 bits per heavy atom. The molecule has 32 heavy (non-hydrogen) atoms. The van der Waals surface area contributed by atoms with E-state index in [1.165, 1.54) is 30.6 Å². The standard InChI is InChI=1S/C23H22N4O4S/c1-30-17-9-8-13(11-18(17)31-2)20-14(12-24)22(25)27(15-5-3-6-16(28)21(15)20)26-23(29)19-7-4-10-32-19/h4,7-11,20H,3,5-6,25H2,1-2H3,(H,26,29). The highest BCUT2D eigenvalue weighted by Crippen LogP contribution is 2.45. The van der Waals surface area contributed by atoms with Crippen molar-refractivity contribution in [3.05, 3.63) is 68.8 Å². The number of nitrogens with one attached hydrogen (secondary N) is 1. The predicted molar refractivity (Wildman–Crippen MR) is 119 cm³/mol. The maximum absolute atomic E-state index is 13.1. The Hall–Kier alpha value is -3.77. The lowest BCUT2D eigenvalue weighted by molar-refractivity contribution is -0.116. The summed E-state index contributed by atoms with van der Waals surface area (Å²) >= 11 is 1.29. The number of carbonyl (C=O) groups is 2. The number of hydrogen-bond acceptors (Lipinski definition) is 8. The first-order valence-corrected chi connectivity index (χ1v) is 10.9. The highest BCUT2D eigenvalue weighted by molar-refractivity contribution is 7.12. The molecule has 0 bridgehead atoms. The van der Waals surface area contributed by atoms with Crippen LogP contribution in [0.3, 0.4) is 0 Å². The maximum atomic E-state index is 13.1. The molecular formula is C23H22N4O4S. The molecule has 164 valence electrons. The number of hydrogen-bond donors (Lipinski definition) is 2. The quantitative estimate of drug-likeness (QED) is 0.718. The first-order chi connectivity index (χ1) is 15.5. The van der Waals surface area contributed by atoms with Crippen molar-refractivity contribution in [3.63, 3.8) is 0 Å². The molecule has 0 saturated carbocycles. The molecule has 2 aromatic rings. The third kappa shape index (κ3) is 3.59. The van der Waals surface area contributed by atoms with Gasteiger partial charge in [0, 0.05) is 17.7 Å². The Kier molecular flexibility index (Phi) is 5.88. The second kappa shape index (κ2) is 8.77. The number of rotatable bonds is 5. The average molecular weight is 451 g/mol. The van der Waals surface area contributed by atoms with Crippen molar-refractivity contribution in [2.75, 3.05) is 14.2 Å². The number of ketones is 1. The van der Waals surface area contributed by atoms with Crippen LogP contribution in [0.25, 0.3) is 0 Å². The highest BCUT2D eigenvalue weighted by Gasteiger charge is 2.40. The monoisotopic (exact) mass is 450 g/mol. The Balaban J connectivity index is 1.84. The SMILES string of the molecule is COc1ccc(C2C(C#N)=C(N)N(NC(=O)c3cccs3)C3=C2C(=O)CCC3)cc1OC. The summed E-state index contributed by atoms with van der Waals surface area (Å²) in [6.07, 6.45) is 1.56. The third-order valence-corrected chi connectivity index (χ3v) is 6.48. The molecular weight excluding hydrogens is 428 g/mol. The molecule has 1 aliphatic carbocycles. The van der Waals surface area contributed by atoms with E-state index in [1.54, 1.807) is 35.7 Å². The molecule has 0 spiro atoms. The summed E-state index contributed by atoms with van der Waals surface area (Å²) in [5, 5.41) is 13.2. The van der Waals surface area contributed by atoms with Crippen LogP contribution in [0.2, 0.25) is 0 Å². The summed E-state index contributed by atoms with van der Waals surface area (Å²) in [6, 6.07) is 10.9. The van der Waals surface area contributed by atoms with Gasteiger partial charge in [-0.25, -0.2) is 5.01 Å². The average Bonchev–Trinajstić information content (AvgIpc) is 3.35. The smallest absolute Gasteiger partial charge is 0.280 e. The summed E-state index contributed by atoms with van der Waals surface area (Å²) in [5.41, 5.74) is 11.2. The van der Waals surface area contributed by atoms with E-state index in [-0.39, 0.29) is 23.1 Å². The number of carbonyl (C=O) groups excluding carboxylic acids is 2. The van der Waals surface area contributed by atoms with Crippen LogP contribution in [-0.2, 0) is 4.79 Å². The van der Waals surface area contributed by atoms with E-state index in [4.69, 9.17) is 15.2 Å². The van der Waals surface area contributed by atoms with Gasteiger partial charge in [0.1, 0.15) is 5.82 Å². The van der Waals surface area contributed by atoms with Gasteiger partial charge in [-0.05, 0) is 42.0 Å². The minimum atomic E-state index is -0.655. The molecule has 1 aromatic carbocycles. The van der Waals surface area contributed by atoms with Crippen LogP contribution < -0.4 is 20.6 Å². The number of hydrazine groups is 1. The minimum absolute atomic E-state index is 0.0679. The van der Waals surface area contributed by atoms with Crippen molar-refractivity contribution in [1.29, 1.82) is 5.26 Å². The van der Waals surface area contributed by atoms with E-state index < -0.39 is 5.92 Å². The summed E-state index contributed by atoms with van der Waals surface area (Å²) in [5.74, 6) is 0.0516. The molecule has 4 rings (SSSR count). The van der Waals surface area contributed by atoms with Gasteiger partial charge in [-0.2, -0.15) is 5.26 Å². The van der Waals surface area contributed by atoms with Crippen LogP contribution in [0.5, 0.6) is 11.5 Å². The number of amides is 1. The van der Waals surface area contributed by atoms with Crippen LogP contribution in [0.4, 0.5) is 0 Å². The van der Waals surface area contributed by atoms with E-state index >= 15 is 0 Å². The molecule has 2 heterocycles. The van der Waals surface area contributed by atoms with Crippen LogP contribution in [0.15, 0.2) is 58.4 Å². The van der Waals surface area contributed by atoms with Gasteiger partial charge in [0.25, 0.3) is 5.91 Å². The van der Waals surface area contributed by atoms with Crippen molar-refractivity contribution in [2.45, 2.75) is 25.2 Å². The number of allylic oxidation sites excluding steroid dienone is 3. The third-order valence-electron chi connectivity index (χ3n) is 5.61. The van der Waals surface area contributed by atoms with Crippen LogP contribution >= 0.6 is 11.3 Å². The highest BCUT2D eigenvalue weighted by atomic mass is 32.1. The van der Waals surface area contributed by atoms with Crippen LogP contribution in [-0.4, -0.2) is 30.9 Å². The first-order valence-electron chi connectivity index (χ1n) is 10.0. The zero-order valence-electron chi connectivity index (χ0n) is 17.7. The largest absolute Gasteiger partial charge is 0.493 e. The molecule has 2 aliphatic rings. The van der Waals surface area contributed by atoms with Gasteiger partial charge in [-0.15, -0.1) is 11.3 Å². The molecule has 0 saturated heterocycles. The van der Waals surface area contributed by atoms with Crippen molar-refractivity contribution < 1.29 is 19.1 Å². The van der Waals surface area contributed by atoms with E-state index in [0.717, 1.165) is 0 Å². The summed E-state index contributed by atoms with van der Waals surface area (Å²) in [7, 11) is 3.06. The van der Waals surface area contributed by atoms with Gasteiger partial charge in [0.05, 0.1) is 36.7 Å². The Morgan fingerprint density at radius 2 is 2.03 bits per heavy atom. The zero-order valence-corrected chi connectivity index (χ0v) is 18.5. The molecule has 1 aliphatic heterocycles. The molecule has 3 N–H and O–H groups in total. The molecule has 1 aromatic heterocycles. The zero-order chi connectivity index (χ0) is 22.8. The summed E-state index contributed by atoms with van der Waals surface area (Å²) in [4.78, 5) is 26.3. The number of methoxy groups -OCH3 is 2. The van der Waals surface area contributed by atoms with E-state index in [2.05, 4.69) is 11.5 Å². The number of benzene rings is 1. The summed E-state index contributed by atoms with van der Waals surface area (Å²) in [6.45, 7) is 0. The van der Waals surface area contributed by atoms with Gasteiger partial charge < -0.3 is 15.2 Å². The number of thiophene rings is 1. The lowest BCUT2D eigenvalue weighted by Crippen LogP contribution is -2.48. The fraction of sp³-hybridized carbons (Fsp3) is 0.261. The van der Waals surface area contributed by atoms with E-state index in [0.29, 0.717) is 52.5 Å². The van der Waals surface area contributed by atoms with Crippen molar-refractivity contribution >= 4 is 23.0 Å². The number of nitriles is 1. The molecule has 1 amide bonds. The fourth-order valence-electron chi connectivity index (χ4n) is 4.14. The maximum Gasteiger partial charge on any atom is 0.280 e. The predicted octanol–water partition coefficient (Wildman–Crippen LogP) is 3.21. The lowest BCUT2D eigenvalue weighted by Gasteiger charge is -2.39. The second-order valence-corrected chi connectivity index (χ2v) is 8.30. The molecule has 1 unspecified atom stereocenters. The topological polar surface area (TPSA) is 118 Å². The van der Waals surface area contributed by atoms with E-state index in [1.807, 2.05) is 0 Å². The Bertz CT molecular complexity index is 1180. The van der Waals surface area contributed by atoms with Gasteiger partial charge in [-0.3, -0.25) is 15.0 Å². The van der Waals surface area contributed by atoms with Gasteiger partial charge >= 0.3 is 0 Å². The van der Waals surface area contributed by atoms with Crippen LogP contribution in [0.1, 0.15) is 40.4 Å². The van der Waals surface area contributed by atoms with Crippen molar-refractivity contribution in [3.8, 4) is 17.6 Å². The second-order valence-electron chi connectivity index (χ2n) is 7.35. The van der Waals surface area contributed by atoms with Gasteiger partial charge in [0.15, 0.2) is 17.3 Å². The van der Waals surface area contributed by atoms with Gasteiger partial charge in [0.2, 0.25) is 0 Å². The Labute approximate surface area is 189 Å². The molecule has 0 radical (unpaired) electrons. The summed E-state index contributed by atoms with van der Waals surface area (Å²) < 4.78 is 10.7. The van der Waals surface area contributed by atoms with E-state index in [9.17, 15) is 14.9 Å². The Morgan fingerprint density at radius 1 is 1.25 bits per heavy atom. The number of nitrogens with zero attached hydrogens (tertiary/aromatic N) is 2. The number of ether oxygens (including phenoxy) is 2. The minimum Gasteiger partial charge on any atom is -0.493 e. The first kappa shape index (κ1) is 21.5. The lowest BCUT2D eigenvalue weighted by atomic mass is 9.76. The number of Topliss-reactive ketones (excluding diaryl/α,β-unsaturated/α-hetero) is 1. The van der Waals surface area contributed by atoms with Crippen molar-refractivity contribution in [1.82, 2.24) is 10.4 Å². The fourth-order valence-corrected chi connectivity index (χ4v) is 4.76. The molecule has 0 fully saturated rings. The molecule has 1 atom stereocenters. The normalized spacial score (nSPS) is 18.2. The number of nitrogens with two attached hydrogens (primary N) is 1. The molecule has 9 heteroatoms. The molecule has 8 nitrogen and oxygen atoms in total. The van der Waals surface area contributed by atoms with Crippen molar-refractivity contribution in [2.24, 2.45) is 5.73 Å². The van der Waals surface area contributed by atoms with Crippen LogP contribution in [0, 0.1) is 11.3 Å². The van der Waals surface area contributed by atoms with Gasteiger partial charge in [-0.1, -0.05) is 12.1 Å².